The van der Waals surface area contributed by atoms with Crippen LogP contribution in [0.5, 0.6) is 0 Å². The number of esters is 1. The van der Waals surface area contributed by atoms with Gasteiger partial charge in [0.05, 0.1) is 25.3 Å². The molecule has 1 aromatic rings. The lowest BCUT2D eigenvalue weighted by atomic mass is 10.5. The molecule has 0 saturated heterocycles. The number of carbonyl (C=O) groups excluding carboxylic acids is 1. The van der Waals surface area contributed by atoms with E-state index in [0.29, 0.717) is 5.82 Å². The molecule has 1 rings (SSSR count). The molecule has 0 aromatic carbocycles. The highest BCUT2D eigenvalue weighted by molar-refractivity contribution is 7.89. The molecule has 0 atom stereocenters. The van der Waals surface area contributed by atoms with Crippen LogP contribution < -0.4 is 0 Å². The zero-order valence-corrected chi connectivity index (χ0v) is 11.2. The molecule has 0 aliphatic carbocycles. The quantitative estimate of drug-likeness (QED) is 0.714. The van der Waals surface area contributed by atoms with Gasteiger partial charge >= 0.3 is 5.97 Å². The second kappa shape index (κ2) is 6.50. The normalized spacial score (nSPS) is 11.7. The molecule has 102 valence electrons. The van der Waals surface area contributed by atoms with Gasteiger partial charge in [-0.2, -0.15) is 4.31 Å². The van der Waals surface area contributed by atoms with Crippen LogP contribution in [-0.4, -0.2) is 48.1 Å². The van der Waals surface area contributed by atoms with Crippen LogP contribution in [0.1, 0.15) is 19.2 Å². The number of hydrogen-bond donors (Lipinski definition) is 1. The summed E-state index contributed by atoms with van der Waals surface area (Å²) >= 11 is 0. The molecule has 0 fully saturated rings. The maximum Gasteiger partial charge on any atom is 0.306 e. The predicted molar refractivity (Wildman–Crippen MR) is 65.1 cm³/mol. The van der Waals surface area contributed by atoms with E-state index in [1.807, 2.05) is 0 Å². The molecule has 0 spiro atoms. The minimum atomic E-state index is -3.48. The standard InChI is InChI=1S/C10H17N3O4S/c1-3-17-10(14)4-7-18(15,16)13(2)8-9-11-5-6-12-9/h5-6H,3-4,7-8H2,1-2H3,(H,11,12). The fraction of sp³-hybridized carbons (Fsp3) is 0.600. The van der Waals surface area contributed by atoms with E-state index in [2.05, 4.69) is 14.7 Å². The predicted octanol–water partition coefficient (Wildman–Crippen LogP) is 0.124. The Balaban J connectivity index is 2.50. The Morgan fingerprint density at radius 2 is 2.28 bits per heavy atom. The molecule has 0 amide bonds. The summed E-state index contributed by atoms with van der Waals surface area (Å²) in [5, 5.41) is 0. The van der Waals surface area contributed by atoms with Crippen LogP contribution in [-0.2, 0) is 26.1 Å². The van der Waals surface area contributed by atoms with Crippen molar-refractivity contribution >= 4 is 16.0 Å². The molecule has 0 aliphatic heterocycles. The summed E-state index contributed by atoms with van der Waals surface area (Å²) in [5.74, 6) is -0.215. The molecule has 0 saturated carbocycles. The molecule has 0 unspecified atom stereocenters. The Morgan fingerprint density at radius 1 is 1.56 bits per heavy atom. The highest BCUT2D eigenvalue weighted by atomic mass is 32.2. The molecule has 0 bridgehead atoms. The first-order valence-corrected chi connectivity index (χ1v) is 7.14. The topological polar surface area (TPSA) is 92.4 Å². The molecule has 1 heterocycles. The van der Waals surface area contributed by atoms with Crippen molar-refractivity contribution < 1.29 is 17.9 Å². The van der Waals surface area contributed by atoms with E-state index in [1.54, 1.807) is 19.3 Å². The molecule has 8 heteroatoms. The van der Waals surface area contributed by atoms with Gasteiger partial charge in [0.25, 0.3) is 0 Å². The summed E-state index contributed by atoms with van der Waals surface area (Å²) in [5.41, 5.74) is 0. The first-order valence-electron chi connectivity index (χ1n) is 5.53. The van der Waals surface area contributed by atoms with Crippen molar-refractivity contribution in [1.82, 2.24) is 14.3 Å². The first-order chi connectivity index (χ1) is 8.45. The number of aromatic nitrogens is 2. The maximum atomic E-state index is 11.8. The van der Waals surface area contributed by atoms with Crippen molar-refractivity contribution in [3.8, 4) is 0 Å². The summed E-state index contributed by atoms with van der Waals surface area (Å²) in [6, 6.07) is 0. The van der Waals surface area contributed by atoms with E-state index in [9.17, 15) is 13.2 Å². The Kier molecular flexibility index (Phi) is 5.29. The van der Waals surface area contributed by atoms with E-state index < -0.39 is 16.0 Å². The largest absolute Gasteiger partial charge is 0.466 e. The van der Waals surface area contributed by atoms with Gasteiger partial charge in [0, 0.05) is 19.4 Å². The van der Waals surface area contributed by atoms with Crippen molar-refractivity contribution in [2.75, 3.05) is 19.4 Å². The summed E-state index contributed by atoms with van der Waals surface area (Å²) in [6.45, 7) is 2.08. The van der Waals surface area contributed by atoms with Crippen molar-refractivity contribution in [3.63, 3.8) is 0 Å². The Hall–Kier alpha value is -1.41. The number of nitrogens with zero attached hydrogens (tertiary/aromatic N) is 2. The maximum absolute atomic E-state index is 11.8. The number of ether oxygens (including phenoxy) is 1. The SMILES string of the molecule is CCOC(=O)CCS(=O)(=O)N(C)Cc1ncc[nH]1. The highest BCUT2D eigenvalue weighted by Gasteiger charge is 2.20. The van der Waals surface area contributed by atoms with Gasteiger partial charge in [-0.25, -0.2) is 13.4 Å². The van der Waals surface area contributed by atoms with E-state index in [-0.39, 0.29) is 25.3 Å². The Labute approximate surface area is 106 Å². The van der Waals surface area contributed by atoms with Crippen LogP contribution in [0.25, 0.3) is 0 Å². The van der Waals surface area contributed by atoms with Gasteiger partial charge in [-0.15, -0.1) is 0 Å². The Morgan fingerprint density at radius 3 is 2.83 bits per heavy atom. The number of hydrogen-bond acceptors (Lipinski definition) is 5. The van der Waals surface area contributed by atoms with Gasteiger partial charge < -0.3 is 9.72 Å². The molecule has 18 heavy (non-hydrogen) atoms. The summed E-state index contributed by atoms with van der Waals surface area (Å²) < 4.78 is 29.5. The lowest BCUT2D eigenvalue weighted by Crippen LogP contribution is -2.30. The van der Waals surface area contributed by atoms with E-state index in [4.69, 9.17) is 0 Å². The average molecular weight is 275 g/mol. The number of carbonyl (C=O) groups is 1. The molecule has 0 aliphatic rings. The number of imidazole rings is 1. The summed E-state index contributed by atoms with van der Waals surface area (Å²) in [7, 11) is -2.03. The smallest absolute Gasteiger partial charge is 0.306 e. The number of aromatic amines is 1. The second-order valence-corrected chi connectivity index (χ2v) is 5.86. The molecule has 7 nitrogen and oxygen atoms in total. The van der Waals surface area contributed by atoms with Gasteiger partial charge in [-0.1, -0.05) is 0 Å². The van der Waals surface area contributed by atoms with E-state index >= 15 is 0 Å². The van der Waals surface area contributed by atoms with Gasteiger partial charge in [-0.3, -0.25) is 4.79 Å². The van der Waals surface area contributed by atoms with Gasteiger partial charge in [0.1, 0.15) is 5.82 Å². The van der Waals surface area contributed by atoms with Crippen molar-refractivity contribution in [3.05, 3.63) is 18.2 Å². The molecular weight excluding hydrogens is 258 g/mol. The van der Waals surface area contributed by atoms with Crippen LogP contribution in [0, 0.1) is 0 Å². The van der Waals surface area contributed by atoms with Crippen LogP contribution in [0.4, 0.5) is 0 Å². The first kappa shape index (κ1) is 14.7. The van der Waals surface area contributed by atoms with E-state index in [0.717, 1.165) is 4.31 Å². The van der Waals surface area contributed by atoms with Crippen LogP contribution >= 0.6 is 0 Å². The van der Waals surface area contributed by atoms with Crippen LogP contribution in [0.3, 0.4) is 0 Å². The van der Waals surface area contributed by atoms with Crippen molar-refractivity contribution in [1.29, 1.82) is 0 Å². The third kappa shape index (κ3) is 4.46. The lowest BCUT2D eigenvalue weighted by molar-refractivity contribution is -0.142. The number of nitrogens with one attached hydrogen (secondary N) is 1. The van der Waals surface area contributed by atoms with Crippen LogP contribution in [0.2, 0.25) is 0 Å². The molecular formula is C10H17N3O4S. The van der Waals surface area contributed by atoms with Crippen molar-refractivity contribution in [2.45, 2.75) is 19.9 Å². The number of sulfonamides is 1. The zero-order valence-electron chi connectivity index (χ0n) is 10.4. The summed E-state index contributed by atoms with van der Waals surface area (Å²) in [6.07, 6.45) is 3.03. The van der Waals surface area contributed by atoms with Crippen molar-refractivity contribution in [2.24, 2.45) is 0 Å². The van der Waals surface area contributed by atoms with Gasteiger partial charge in [0.15, 0.2) is 0 Å². The average Bonchev–Trinajstić information content (AvgIpc) is 2.80. The Bertz CT molecular complexity index is 469. The summed E-state index contributed by atoms with van der Waals surface area (Å²) in [4.78, 5) is 17.9. The minimum Gasteiger partial charge on any atom is -0.466 e. The minimum absolute atomic E-state index is 0.140. The second-order valence-electron chi connectivity index (χ2n) is 3.66. The fourth-order valence-electron chi connectivity index (χ4n) is 1.29. The highest BCUT2D eigenvalue weighted by Crippen LogP contribution is 2.05. The van der Waals surface area contributed by atoms with Gasteiger partial charge in [0.2, 0.25) is 10.0 Å². The monoisotopic (exact) mass is 275 g/mol. The molecule has 1 N–H and O–H groups in total. The third-order valence-corrected chi connectivity index (χ3v) is 4.07. The lowest BCUT2D eigenvalue weighted by Gasteiger charge is -2.15. The third-order valence-electron chi connectivity index (χ3n) is 2.27. The van der Waals surface area contributed by atoms with Crippen LogP contribution in [0.15, 0.2) is 12.4 Å². The zero-order chi connectivity index (χ0) is 13.6. The molecule has 1 aromatic heterocycles. The fourth-order valence-corrected chi connectivity index (χ4v) is 2.35. The number of H-pyrrole nitrogens is 1. The van der Waals surface area contributed by atoms with E-state index in [1.165, 1.54) is 7.05 Å². The van der Waals surface area contributed by atoms with Gasteiger partial charge in [-0.05, 0) is 6.92 Å². The molecule has 0 radical (unpaired) electrons. The number of rotatable bonds is 7.